The van der Waals surface area contributed by atoms with Crippen LogP contribution >= 0.6 is 0 Å². The fourth-order valence-electron chi connectivity index (χ4n) is 4.27. The SMILES string of the molecule is C[C@H]1CCCN(C(=O)[C@@H]2Cc3ccccc3N2c2ccc(=O)n(CCF)n2)C1. The largest absolute Gasteiger partial charge is 0.341 e. The van der Waals surface area contributed by atoms with E-state index in [0.29, 0.717) is 18.2 Å². The van der Waals surface area contributed by atoms with E-state index in [-0.39, 0.29) is 18.0 Å². The van der Waals surface area contributed by atoms with Gasteiger partial charge < -0.3 is 9.80 Å². The summed E-state index contributed by atoms with van der Waals surface area (Å²) in [5, 5.41) is 4.35. The maximum atomic E-state index is 13.4. The molecule has 2 atom stereocenters. The van der Waals surface area contributed by atoms with E-state index in [4.69, 9.17) is 0 Å². The van der Waals surface area contributed by atoms with Gasteiger partial charge in [0.1, 0.15) is 12.7 Å². The fourth-order valence-corrected chi connectivity index (χ4v) is 4.27. The lowest BCUT2D eigenvalue weighted by molar-refractivity contribution is -0.134. The second-order valence-corrected chi connectivity index (χ2v) is 7.69. The smallest absolute Gasteiger partial charge is 0.266 e. The highest BCUT2D eigenvalue weighted by Crippen LogP contribution is 2.38. The van der Waals surface area contributed by atoms with Crippen LogP contribution in [0.2, 0.25) is 0 Å². The number of para-hydroxylation sites is 1. The van der Waals surface area contributed by atoms with E-state index in [1.807, 2.05) is 34.1 Å². The van der Waals surface area contributed by atoms with Crippen molar-refractivity contribution in [1.82, 2.24) is 14.7 Å². The van der Waals surface area contributed by atoms with Gasteiger partial charge in [-0.05, 0) is 36.5 Å². The number of hydrogen-bond acceptors (Lipinski definition) is 4. The zero-order valence-corrected chi connectivity index (χ0v) is 16.1. The number of fused-ring (bicyclic) bond motifs is 1. The second kappa shape index (κ2) is 7.73. The van der Waals surface area contributed by atoms with Crippen LogP contribution in [0.3, 0.4) is 0 Å². The maximum absolute atomic E-state index is 13.4. The molecule has 3 heterocycles. The normalized spacial score (nSPS) is 21.6. The molecule has 148 valence electrons. The average Bonchev–Trinajstić information content (AvgIpc) is 3.09. The number of amides is 1. The molecule has 0 saturated carbocycles. The molecular formula is C21H25FN4O2. The van der Waals surface area contributed by atoms with Crippen LogP contribution in [0.5, 0.6) is 0 Å². The summed E-state index contributed by atoms with van der Waals surface area (Å²) in [7, 11) is 0. The topological polar surface area (TPSA) is 58.4 Å². The Morgan fingerprint density at radius 2 is 2.07 bits per heavy atom. The van der Waals surface area contributed by atoms with Crippen molar-refractivity contribution in [3.63, 3.8) is 0 Å². The number of anilines is 2. The predicted octanol–water partition coefficient (Wildman–Crippen LogP) is 2.53. The lowest BCUT2D eigenvalue weighted by Crippen LogP contribution is -2.49. The zero-order chi connectivity index (χ0) is 19.7. The summed E-state index contributed by atoms with van der Waals surface area (Å²) < 4.78 is 13.9. The van der Waals surface area contributed by atoms with Gasteiger partial charge in [-0.25, -0.2) is 9.07 Å². The summed E-state index contributed by atoms with van der Waals surface area (Å²) in [6, 6.07) is 10.5. The first kappa shape index (κ1) is 18.7. The van der Waals surface area contributed by atoms with Gasteiger partial charge in [-0.15, -0.1) is 0 Å². The minimum Gasteiger partial charge on any atom is -0.341 e. The van der Waals surface area contributed by atoms with Crippen LogP contribution in [-0.2, 0) is 17.8 Å². The molecule has 1 aromatic heterocycles. The van der Waals surface area contributed by atoms with Crippen LogP contribution in [0.4, 0.5) is 15.9 Å². The van der Waals surface area contributed by atoms with Crippen LogP contribution in [0.15, 0.2) is 41.2 Å². The molecule has 1 fully saturated rings. The number of carbonyl (C=O) groups excluding carboxylic acids is 1. The number of carbonyl (C=O) groups is 1. The number of likely N-dealkylation sites (tertiary alicyclic amines) is 1. The molecule has 1 saturated heterocycles. The van der Waals surface area contributed by atoms with E-state index in [1.165, 1.54) is 6.07 Å². The van der Waals surface area contributed by atoms with E-state index >= 15 is 0 Å². The third kappa shape index (κ3) is 3.41. The van der Waals surface area contributed by atoms with Crippen molar-refractivity contribution in [2.75, 3.05) is 24.7 Å². The zero-order valence-electron chi connectivity index (χ0n) is 16.1. The fraction of sp³-hybridized carbons (Fsp3) is 0.476. The molecular weight excluding hydrogens is 359 g/mol. The minimum atomic E-state index is -0.666. The Labute approximate surface area is 163 Å². The van der Waals surface area contributed by atoms with Crippen LogP contribution in [0, 0.1) is 5.92 Å². The Balaban J connectivity index is 1.72. The van der Waals surface area contributed by atoms with Gasteiger partial charge in [0, 0.05) is 31.3 Å². The molecule has 4 rings (SSSR count). The number of aromatic nitrogens is 2. The number of halogens is 1. The van der Waals surface area contributed by atoms with Gasteiger partial charge in [0.15, 0.2) is 5.82 Å². The highest BCUT2D eigenvalue weighted by atomic mass is 19.1. The molecule has 28 heavy (non-hydrogen) atoms. The first-order chi connectivity index (χ1) is 13.6. The maximum Gasteiger partial charge on any atom is 0.266 e. The van der Waals surface area contributed by atoms with Gasteiger partial charge in [-0.3, -0.25) is 9.59 Å². The van der Waals surface area contributed by atoms with Crippen molar-refractivity contribution >= 4 is 17.4 Å². The first-order valence-electron chi connectivity index (χ1n) is 9.88. The van der Waals surface area contributed by atoms with E-state index in [1.54, 1.807) is 6.07 Å². The van der Waals surface area contributed by atoms with Gasteiger partial charge >= 0.3 is 0 Å². The Morgan fingerprint density at radius 3 is 2.86 bits per heavy atom. The van der Waals surface area contributed by atoms with Crippen molar-refractivity contribution in [1.29, 1.82) is 0 Å². The molecule has 1 aromatic carbocycles. The van der Waals surface area contributed by atoms with Crippen molar-refractivity contribution in [3.8, 4) is 0 Å². The van der Waals surface area contributed by atoms with E-state index < -0.39 is 12.7 Å². The Bertz CT molecular complexity index is 929. The number of hydrogen-bond donors (Lipinski definition) is 0. The van der Waals surface area contributed by atoms with E-state index in [0.717, 1.165) is 41.9 Å². The molecule has 2 aliphatic rings. The Hall–Kier alpha value is -2.70. The van der Waals surface area contributed by atoms with Crippen molar-refractivity contribution in [2.45, 2.75) is 38.8 Å². The van der Waals surface area contributed by atoms with Gasteiger partial charge in [0.05, 0.1) is 6.54 Å². The van der Waals surface area contributed by atoms with Crippen molar-refractivity contribution < 1.29 is 9.18 Å². The van der Waals surface area contributed by atoms with Crippen molar-refractivity contribution in [3.05, 3.63) is 52.3 Å². The highest BCUT2D eigenvalue weighted by Gasteiger charge is 2.39. The molecule has 1 amide bonds. The van der Waals surface area contributed by atoms with Gasteiger partial charge in [0.2, 0.25) is 5.91 Å². The minimum absolute atomic E-state index is 0.0905. The molecule has 7 heteroatoms. The number of alkyl halides is 1. The Kier molecular flexibility index (Phi) is 5.15. The summed E-state index contributed by atoms with van der Waals surface area (Å²) in [6.07, 6.45) is 2.77. The number of nitrogens with zero attached hydrogens (tertiary/aromatic N) is 4. The lowest BCUT2D eigenvalue weighted by atomic mass is 9.99. The average molecular weight is 384 g/mol. The van der Waals surface area contributed by atoms with Crippen molar-refractivity contribution in [2.24, 2.45) is 5.92 Å². The van der Waals surface area contributed by atoms with Crippen LogP contribution in [0.25, 0.3) is 0 Å². The molecule has 0 aliphatic carbocycles. The third-order valence-electron chi connectivity index (χ3n) is 5.63. The number of piperidine rings is 1. The summed E-state index contributed by atoms with van der Waals surface area (Å²) in [5.41, 5.74) is 1.65. The van der Waals surface area contributed by atoms with Gasteiger partial charge in [-0.2, -0.15) is 5.10 Å². The molecule has 0 bridgehead atoms. The second-order valence-electron chi connectivity index (χ2n) is 7.69. The van der Waals surface area contributed by atoms with Crippen LogP contribution in [0.1, 0.15) is 25.3 Å². The monoisotopic (exact) mass is 384 g/mol. The summed E-state index contributed by atoms with van der Waals surface area (Å²) >= 11 is 0. The number of aryl methyl sites for hydroxylation is 1. The van der Waals surface area contributed by atoms with Crippen LogP contribution in [-0.4, -0.2) is 46.4 Å². The standard InChI is InChI=1S/C21H25FN4O2/c1-15-5-4-11-24(14-15)21(28)18-13-16-6-2-3-7-17(16)26(18)19-8-9-20(27)25(23-19)12-10-22/h2-3,6-9,15,18H,4-5,10-14H2,1H3/t15-,18-/m0/s1. The molecule has 0 radical (unpaired) electrons. The molecule has 0 spiro atoms. The van der Waals surface area contributed by atoms with E-state index in [2.05, 4.69) is 12.0 Å². The third-order valence-corrected chi connectivity index (χ3v) is 5.63. The highest BCUT2D eigenvalue weighted by molar-refractivity contribution is 5.91. The molecule has 2 aliphatic heterocycles. The molecule has 0 N–H and O–H groups in total. The number of rotatable bonds is 4. The molecule has 6 nitrogen and oxygen atoms in total. The van der Waals surface area contributed by atoms with Gasteiger partial charge in [0.25, 0.3) is 5.56 Å². The quantitative estimate of drug-likeness (QED) is 0.813. The lowest BCUT2D eigenvalue weighted by Gasteiger charge is -2.35. The number of benzene rings is 1. The Morgan fingerprint density at radius 1 is 1.25 bits per heavy atom. The first-order valence-corrected chi connectivity index (χ1v) is 9.88. The molecule has 0 unspecified atom stereocenters. The van der Waals surface area contributed by atoms with Crippen LogP contribution < -0.4 is 10.5 Å². The predicted molar refractivity (Wildman–Crippen MR) is 106 cm³/mol. The van der Waals surface area contributed by atoms with Gasteiger partial charge in [-0.1, -0.05) is 25.1 Å². The summed E-state index contributed by atoms with van der Waals surface area (Å²) in [4.78, 5) is 29.2. The van der Waals surface area contributed by atoms with E-state index in [9.17, 15) is 14.0 Å². The summed E-state index contributed by atoms with van der Waals surface area (Å²) in [5.74, 6) is 1.09. The molecule has 2 aromatic rings. The summed E-state index contributed by atoms with van der Waals surface area (Å²) in [6.45, 7) is 2.97.